The fourth-order valence-electron chi connectivity index (χ4n) is 8.51. The highest BCUT2D eigenvalue weighted by Crippen LogP contribution is 2.45. The van der Waals surface area contributed by atoms with Crippen LogP contribution in [0.3, 0.4) is 0 Å². The summed E-state index contributed by atoms with van der Waals surface area (Å²) in [5, 5.41) is 6.25. The molecule has 4 N–H and O–H groups in total. The Morgan fingerprint density at radius 3 is 2.33 bits per heavy atom. The van der Waals surface area contributed by atoms with Crippen LogP contribution >= 0.6 is 0 Å². The van der Waals surface area contributed by atoms with Crippen LogP contribution in [0.1, 0.15) is 112 Å². The number of likely N-dealkylation sites (tertiary alicyclic amines) is 1. The Labute approximate surface area is 259 Å². The number of nitrogens with two attached hydrogens (primary N) is 1. The smallest absolute Gasteiger partial charge is 0.146 e. The van der Waals surface area contributed by atoms with Crippen LogP contribution < -0.4 is 16.5 Å². The van der Waals surface area contributed by atoms with Crippen LogP contribution in [0, 0.1) is 23.7 Å². The van der Waals surface area contributed by atoms with Gasteiger partial charge in [0.1, 0.15) is 11.6 Å². The molecule has 0 aromatic heterocycles. The van der Waals surface area contributed by atoms with Crippen molar-refractivity contribution in [3.63, 3.8) is 0 Å². The Hall–Kier alpha value is -1.37. The van der Waals surface area contributed by atoms with E-state index in [-0.39, 0.29) is 23.9 Å². The van der Waals surface area contributed by atoms with Crippen LogP contribution in [0.2, 0.25) is 5.82 Å². The normalized spacial score (nSPS) is 35.9. The van der Waals surface area contributed by atoms with Gasteiger partial charge in [-0.3, -0.25) is 10.7 Å². The third-order valence-electron chi connectivity index (χ3n) is 10.7. The molecule has 0 amide bonds. The molecular formula is C35H62BN5O. The number of rotatable bonds is 10. The average Bonchev–Trinajstić information content (AvgIpc) is 3.33. The Morgan fingerprint density at radius 1 is 1.14 bits per heavy atom. The van der Waals surface area contributed by atoms with Crippen LogP contribution in [-0.2, 0) is 4.79 Å². The second-order valence-electron chi connectivity index (χ2n) is 14.1. The van der Waals surface area contributed by atoms with Crippen molar-refractivity contribution in [2.45, 2.75) is 154 Å². The van der Waals surface area contributed by atoms with Gasteiger partial charge in [-0.1, -0.05) is 71.2 Å². The third-order valence-corrected chi connectivity index (χ3v) is 10.7. The van der Waals surface area contributed by atoms with E-state index in [1.54, 1.807) is 6.08 Å². The maximum atomic E-state index is 12.7. The Morgan fingerprint density at radius 2 is 1.81 bits per heavy atom. The molecule has 4 aliphatic rings. The van der Waals surface area contributed by atoms with Gasteiger partial charge in [0.15, 0.2) is 0 Å². The SMILES string of the molecule is C=CC(=C)C.[B]C1CCC(C(=C=O)N2CCC3C(C(CCC)NN3C3CCC(C(C)C)CC3)C2CC)C(NC(C)N)C1. The largest absolute Gasteiger partial charge is 0.362 e. The van der Waals surface area contributed by atoms with Crippen LogP contribution in [-0.4, -0.2) is 66.6 Å². The summed E-state index contributed by atoms with van der Waals surface area (Å²) in [5.41, 5.74) is 12.1. The molecule has 0 aromatic carbocycles. The molecule has 4 fully saturated rings. The lowest BCUT2D eigenvalue weighted by Gasteiger charge is -2.50. The lowest BCUT2D eigenvalue weighted by molar-refractivity contribution is 0.0177. The van der Waals surface area contributed by atoms with Gasteiger partial charge < -0.3 is 10.6 Å². The van der Waals surface area contributed by atoms with Gasteiger partial charge >= 0.3 is 0 Å². The number of hydrazine groups is 1. The van der Waals surface area contributed by atoms with E-state index in [0.29, 0.717) is 30.1 Å². The number of allylic oxidation sites excluding steroid dienone is 2. The minimum atomic E-state index is -0.120. The van der Waals surface area contributed by atoms with E-state index in [2.05, 4.69) is 67.4 Å². The Balaban J connectivity index is 0.000000892. The van der Waals surface area contributed by atoms with Crippen LogP contribution in [0.25, 0.3) is 0 Å². The van der Waals surface area contributed by atoms with E-state index in [0.717, 1.165) is 61.8 Å². The number of piperidine rings is 1. The third kappa shape index (κ3) is 8.63. The summed E-state index contributed by atoms with van der Waals surface area (Å²) >= 11 is 0. The van der Waals surface area contributed by atoms with Crippen LogP contribution in [0.4, 0.5) is 0 Å². The summed E-state index contributed by atoms with van der Waals surface area (Å²) in [6.07, 6.45) is 14.2. The molecule has 236 valence electrons. The summed E-state index contributed by atoms with van der Waals surface area (Å²) in [7, 11) is 6.35. The summed E-state index contributed by atoms with van der Waals surface area (Å²) in [6, 6.07) is 2.19. The van der Waals surface area contributed by atoms with E-state index >= 15 is 0 Å². The molecular weight excluding hydrogens is 517 g/mol. The summed E-state index contributed by atoms with van der Waals surface area (Å²) < 4.78 is 0. The molecule has 8 atom stereocenters. The molecule has 2 saturated heterocycles. The molecule has 42 heavy (non-hydrogen) atoms. The lowest BCUT2D eigenvalue weighted by Crippen LogP contribution is -2.57. The quantitative estimate of drug-likeness (QED) is 0.125. The molecule has 2 aliphatic heterocycles. The zero-order chi connectivity index (χ0) is 31.0. The van der Waals surface area contributed by atoms with Crippen molar-refractivity contribution >= 4 is 13.8 Å². The highest BCUT2D eigenvalue weighted by atomic mass is 16.1. The number of hydrogen-bond acceptors (Lipinski definition) is 6. The number of fused-ring (bicyclic) bond motifs is 1. The van der Waals surface area contributed by atoms with Gasteiger partial charge in [0, 0.05) is 48.6 Å². The van der Waals surface area contributed by atoms with E-state index in [9.17, 15) is 4.79 Å². The maximum absolute atomic E-state index is 12.7. The van der Waals surface area contributed by atoms with Crippen molar-refractivity contribution in [2.24, 2.45) is 29.4 Å². The predicted octanol–water partition coefficient (Wildman–Crippen LogP) is 6.14. The Kier molecular flexibility index (Phi) is 13.9. The van der Waals surface area contributed by atoms with Gasteiger partial charge in [0.05, 0.1) is 14.0 Å². The van der Waals surface area contributed by atoms with Gasteiger partial charge in [0.2, 0.25) is 0 Å². The molecule has 4 rings (SSSR count). The van der Waals surface area contributed by atoms with Crippen molar-refractivity contribution in [2.75, 3.05) is 6.54 Å². The fraction of sp³-hybridized carbons (Fsp3) is 0.829. The molecule has 0 aromatic rings. The molecule has 6 nitrogen and oxygen atoms in total. The fourth-order valence-corrected chi connectivity index (χ4v) is 8.51. The first-order valence-electron chi connectivity index (χ1n) is 17.2. The Bertz CT molecular complexity index is 907. The molecule has 2 heterocycles. The van der Waals surface area contributed by atoms with Gasteiger partial charge in [-0.2, -0.15) is 0 Å². The highest BCUT2D eigenvalue weighted by Gasteiger charge is 2.52. The van der Waals surface area contributed by atoms with Crippen LogP contribution in [0.5, 0.6) is 0 Å². The minimum Gasteiger partial charge on any atom is -0.362 e. The zero-order valence-electron chi connectivity index (χ0n) is 27.8. The first-order chi connectivity index (χ1) is 20.1. The van der Waals surface area contributed by atoms with Crippen molar-refractivity contribution in [1.82, 2.24) is 20.7 Å². The average molecular weight is 580 g/mol. The summed E-state index contributed by atoms with van der Waals surface area (Å²) in [4.78, 5) is 15.1. The van der Waals surface area contributed by atoms with E-state index in [1.807, 2.05) is 13.8 Å². The molecule has 8 unspecified atom stereocenters. The van der Waals surface area contributed by atoms with Gasteiger partial charge in [-0.25, -0.2) is 9.80 Å². The number of nitrogens with zero attached hydrogens (tertiary/aromatic N) is 2. The predicted molar refractivity (Wildman–Crippen MR) is 179 cm³/mol. The highest BCUT2D eigenvalue weighted by molar-refractivity contribution is 6.11. The van der Waals surface area contributed by atoms with Crippen molar-refractivity contribution in [1.29, 1.82) is 0 Å². The van der Waals surface area contributed by atoms with Crippen molar-refractivity contribution in [3.05, 3.63) is 30.5 Å². The lowest BCUT2D eigenvalue weighted by atomic mass is 9.68. The second kappa shape index (κ2) is 16.6. The number of carbonyl (C=O) groups excluding carboxylic acids is 1. The first kappa shape index (κ1) is 35.1. The maximum Gasteiger partial charge on any atom is 0.146 e. The van der Waals surface area contributed by atoms with E-state index < -0.39 is 0 Å². The van der Waals surface area contributed by atoms with E-state index in [1.165, 1.54) is 38.5 Å². The molecule has 0 bridgehead atoms. The number of nitrogens with one attached hydrogen (secondary N) is 2. The van der Waals surface area contributed by atoms with E-state index in [4.69, 9.17) is 13.6 Å². The minimum absolute atomic E-state index is 0.120. The van der Waals surface area contributed by atoms with Gasteiger partial charge in [-0.05, 0) is 83.5 Å². The van der Waals surface area contributed by atoms with Gasteiger partial charge in [0.25, 0.3) is 0 Å². The summed E-state index contributed by atoms with van der Waals surface area (Å²) in [5.74, 6) is 4.99. The van der Waals surface area contributed by atoms with Crippen LogP contribution in [0.15, 0.2) is 30.5 Å². The van der Waals surface area contributed by atoms with Crippen molar-refractivity contribution < 1.29 is 4.79 Å². The zero-order valence-corrected chi connectivity index (χ0v) is 27.8. The summed E-state index contributed by atoms with van der Waals surface area (Å²) in [6.45, 7) is 21.2. The topological polar surface area (TPSA) is 73.6 Å². The second-order valence-corrected chi connectivity index (χ2v) is 14.1. The monoisotopic (exact) mass is 580 g/mol. The van der Waals surface area contributed by atoms with Crippen molar-refractivity contribution in [3.8, 4) is 0 Å². The molecule has 7 heteroatoms. The molecule has 2 aliphatic carbocycles. The standard InChI is InChI=1S/C30H54BN5O.C5H8/c1-6-8-25-30-27(7-2)35(29(18-37)24-14-11-22(31)17-26(24)33-20(5)32)16-15-28(30)36(34-25)23-12-9-21(10-13-23)19(3)4;1-4-5(2)3/h19-28,30,33-34H,6-17,32H2,1-5H3;4H,1-2H2,3H3. The molecule has 0 spiro atoms. The molecule has 2 saturated carbocycles. The van der Waals surface area contributed by atoms with Gasteiger partial charge in [-0.15, -0.1) is 0 Å². The molecule has 2 radical (unpaired) electrons. The first-order valence-corrected chi connectivity index (χ1v) is 17.2. The number of hydrogen-bond donors (Lipinski definition) is 3.